The van der Waals surface area contributed by atoms with Crippen LogP contribution in [0.5, 0.6) is 0 Å². The number of fused-ring (bicyclic) bond motifs is 2. The van der Waals surface area contributed by atoms with Gasteiger partial charge in [-0.3, -0.25) is 14.5 Å². The topological polar surface area (TPSA) is 195 Å². The molecule has 3 aromatic heterocycles. The summed E-state index contributed by atoms with van der Waals surface area (Å²) in [6, 6.07) is 0.985. The quantitative estimate of drug-likeness (QED) is 0.139. The zero-order chi connectivity index (χ0) is 26.3. The first-order valence-electron chi connectivity index (χ1n) is 10.3. The number of aliphatic carboxylic acids is 1. The Morgan fingerprint density at radius 1 is 1.49 bits per heavy atom. The van der Waals surface area contributed by atoms with Gasteiger partial charge < -0.3 is 25.8 Å². The Morgan fingerprint density at radius 3 is 2.97 bits per heavy atom. The minimum atomic E-state index is -1.53. The standard InChI is InChI=1S/C19H14FN9O5S3/c20-6-34-25-11(14-24-19(22)37-26-14)15(30)23-12-16(31)29-13(18(32)33)8(4-36-17(12)29)2-27-3-10-28(7-27)9(1-21)5-35-10/h3,5,7,12,17H,2,4,6H2,(H3-,22,23,24,26,30,32,33)/b25-11-/t12-,17-/m1/s1. The largest absolute Gasteiger partial charge is 0.543 e. The van der Waals surface area contributed by atoms with Gasteiger partial charge in [-0.2, -0.15) is 19.0 Å². The number of hydrogen-bond acceptors (Lipinski definition) is 13. The van der Waals surface area contributed by atoms with Gasteiger partial charge in [0, 0.05) is 22.9 Å². The molecule has 2 amide bonds. The van der Waals surface area contributed by atoms with Crippen LogP contribution in [0.2, 0.25) is 0 Å². The van der Waals surface area contributed by atoms with Crippen molar-refractivity contribution in [3.05, 3.63) is 40.7 Å². The first-order chi connectivity index (χ1) is 17.8. The number of alkyl halides is 1. The molecule has 5 heterocycles. The van der Waals surface area contributed by atoms with Crippen LogP contribution >= 0.6 is 34.6 Å². The average molecular weight is 564 g/mol. The molecule has 0 aromatic carbocycles. The van der Waals surface area contributed by atoms with Crippen LogP contribution in [0, 0.1) is 11.3 Å². The van der Waals surface area contributed by atoms with Crippen molar-refractivity contribution in [2.45, 2.75) is 18.0 Å². The van der Waals surface area contributed by atoms with E-state index in [0.717, 1.165) is 21.3 Å². The predicted molar refractivity (Wildman–Crippen MR) is 125 cm³/mol. The number of aromatic nitrogens is 4. The summed E-state index contributed by atoms with van der Waals surface area (Å²) in [4.78, 5) is 47.8. The van der Waals surface area contributed by atoms with E-state index in [-0.39, 0.29) is 29.0 Å². The Kier molecular flexibility index (Phi) is 6.49. The first kappa shape index (κ1) is 24.6. The van der Waals surface area contributed by atoms with E-state index in [0.29, 0.717) is 11.3 Å². The highest BCUT2D eigenvalue weighted by Gasteiger charge is 2.53. The van der Waals surface area contributed by atoms with Crippen LogP contribution in [0.25, 0.3) is 4.83 Å². The van der Waals surface area contributed by atoms with Gasteiger partial charge in [0.1, 0.15) is 30.2 Å². The van der Waals surface area contributed by atoms with Crippen molar-refractivity contribution in [1.82, 2.24) is 24.0 Å². The lowest BCUT2D eigenvalue weighted by Crippen LogP contribution is -2.71. The Hall–Kier alpha value is -4.08. The maximum atomic E-state index is 13.0. The number of nitrogens with two attached hydrogens (primary N) is 1. The number of rotatable bonds is 8. The summed E-state index contributed by atoms with van der Waals surface area (Å²) < 4.78 is 19.7. The summed E-state index contributed by atoms with van der Waals surface area (Å²) in [7, 11) is 0. The van der Waals surface area contributed by atoms with Gasteiger partial charge >= 0.3 is 0 Å². The molecule has 1 saturated heterocycles. The van der Waals surface area contributed by atoms with Crippen LogP contribution in [-0.2, 0) is 25.8 Å². The average Bonchev–Trinajstić information content (AvgIpc) is 3.58. The minimum Gasteiger partial charge on any atom is -0.543 e. The number of imidazole rings is 1. The summed E-state index contributed by atoms with van der Waals surface area (Å²) in [5.74, 6) is -3.10. The van der Waals surface area contributed by atoms with E-state index >= 15 is 0 Å². The van der Waals surface area contributed by atoms with Gasteiger partial charge in [0.25, 0.3) is 25.0 Å². The summed E-state index contributed by atoms with van der Waals surface area (Å²) in [6.07, 6.45) is 3.43. The number of carboxylic acids is 1. The fraction of sp³-hybridized carbons (Fsp3) is 0.263. The van der Waals surface area contributed by atoms with Crippen molar-refractivity contribution < 1.29 is 33.3 Å². The molecule has 1 fully saturated rings. The number of nitrogen functional groups attached to an aromatic ring is 1. The highest BCUT2D eigenvalue weighted by atomic mass is 32.2. The van der Waals surface area contributed by atoms with Gasteiger partial charge in [0.2, 0.25) is 22.1 Å². The third kappa shape index (κ3) is 4.36. The van der Waals surface area contributed by atoms with E-state index in [1.807, 2.05) is 0 Å². The Balaban J connectivity index is 1.36. The lowest BCUT2D eigenvalue weighted by molar-refractivity contribution is -0.687. The Labute approximate surface area is 218 Å². The number of carbonyl (C=O) groups is 3. The maximum absolute atomic E-state index is 13.0. The molecule has 3 aromatic rings. The second-order valence-corrected chi connectivity index (χ2v) is 10.4. The van der Waals surface area contributed by atoms with Crippen LogP contribution in [-0.4, -0.2) is 66.2 Å². The van der Waals surface area contributed by atoms with Crippen LogP contribution in [0.1, 0.15) is 11.5 Å². The number of amides is 2. The number of anilines is 1. The van der Waals surface area contributed by atoms with Gasteiger partial charge in [0.05, 0.1) is 17.0 Å². The second kappa shape index (κ2) is 9.76. The highest BCUT2D eigenvalue weighted by Crippen LogP contribution is 2.40. The molecule has 0 unspecified atom stereocenters. The maximum Gasteiger partial charge on any atom is 0.278 e. The molecule has 2 aliphatic heterocycles. The molecule has 14 nitrogen and oxygen atoms in total. The normalized spacial score (nSPS) is 19.4. The summed E-state index contributed by atoms with van der Waals surface area (Å²) in [6.45, 7) is -1.17. The molecule has 0 saturated carbocycles. The van der Waals surface area contributed by atoms with Gasteiger partial charge in [-0.15, -0.1) is 11.8 Å². The van der Waals surface area contributed by atoms with Crippen LogP contribution in [0.4, 0.5) is 9.52 Å². The summed E-state index contributed by atoms with van der Waals surface area (Å²) in [5.41, 5.74) is 5.64. The van der Waals surface area contributed by atoms with Crippen LogP contribution in [0.3, 0.4) is 0 Å². The van der Waals surface area contributed by atoms with E-state index in [1.54, 1.807) is 26.9 Å². The zero-order valence-corrected chi connectivity index (χ0v) is 20.8. The number of hydrogen-bond donors (Lipinski definition) is 2. The molecule has 0 aliphatic carbocycles. The number of carboxylic acid groups (broad SMARTS) is 1. The molecular weight excluding hydrogens is 549 g/mol. The van der Waals surface area contributed by atoms with E-state index in [4.69, 9.17) is 5.73 Å². The van der Waals surface area contributed by atoms with E-state index in [2.05, 4.69) is 30.7 Å². The number of oxime groups is 1. The molecule has 0 radical (unpaired) electrons. The van der Waals surface area contributed by atoms with Crippen LogP contribution < -0.4 is 20.7 Å². The number of nitrogens with zero attached hydrogens (tertiary/aromatic N) is 7. The molecule has 0 spiro atoms. The van der Waals surface area contributed by atoms with E-state index in [9.17, 15) is 29.1 Å². The SMILES string of the molecule is N#Cc1csc2c[n+](CC3=C(C(=O)[O-])N4C(=O)[C@@H](NC(=O)/C(=N\OCF)c5nsc(N)n5)[C@H]4SC3)cn12. The summed E-state index contributed by atoms with van der Waals surface area (Å²) >= 11 is 3.40. The number of carbonyl (C=O) groups excluding carboxylic acids is 3. The highest BCUT2D eigenvalue weighted by molar-refractivity contribution is 8.00. The minimum absolute atomic E-state index is 0.0329. The lowest BCUT2D eigenvalue weighted by atomic mass is 10.0. The van der Waals surface area contributed by atoms with Crippen LogP contribution in [0.15, 0.2) is 34.3 Å². The summed E-state index contributed by atoms with van der Waals surface area (Å²) in [5, 5.41) is 28.1. The molecule has 5 rings (SSSR count). The monoisotopic (exact) mass is 563 g/mol. The van der Waals surface area contributed by atoms with Crippen molar-refractivity contribution in [2.24, 2.45) is 5.16 Å². The number of nitrogens with one attached hydrogen (secondary N) is 1. The second-order valence-electron chi connectivity index (χ2n) is 7.59. The van der Waals surface area contributed by atoms with Crippen molar-refractivity contribution in [3.8, 4) is 6.07 Å². The molecule has 3 N–H and O–H groups in total. The molecule has 18 heteroatoms. The zero-order valence-electron chi connectivity index (χ0n) is 18.4. The predicted octanol–water partition coefficient (Wildman–Crippen LogP) is -1.65. The van der Waals surface area contributed by atoms with Gasteiger partial charge in [0.15, 0.2) is 5.13 Å². The van der Waals surface area contributed by atoms with Crippen molar-refractivity contribution in [3.63, 3.8) is 0 Å². The molecular formula is C19H14FN9O5S3. The van der Waals surface area contributed by atoms with Crippen molar-refractivity contribution in [2.75, 3.05) is 18.3 Å². The number of halogens is 1. The molecule has 2 atom stereocenters. The van der Waals surface area contributed by atoms with E-state index in [1.165, 1.54) is 23.1 Å². The smallest absolute Gasteiger partial charge is 0.278 e. The Morgan fingerprint density at radius 2 is 2.30 bits per heavy atom. The van der Waals surface area contributed by atoms with Gasteiger partial charge in [-0.05, 0) is 0 Å². The van der Waals surface area contributed by atoms with E-state index < -0.39 is 41.8 Å². The Bertz CT molecular complexity index is 1540. The molecule has 190 valence electrons. The third-order valence-corrected chi connectivity index (χ3v) is 8.18. The number of thiazole rings is 1. The fourth-order valence-corrected chi connectivity index (χ4v) is 6.50. The molecule has 0 bridgehead atoms. The van der Waals surface area contributed by atoms with Crippen molar-refractivity contribution in [1.29, 1.82) is 5.26 Å². The fourth-order valence-electron chi connectivity index (χ4n) is 3.88. The third-order valence-electron chi connectivity index (χ3n) is 5.42. The lowest BCUT2D eigenvalue weighted by Gasteiger charge is -2.50. The number of nitriles is 1. The molecule has 37 heavy (non-hydrogen) atoms. The van der Waals surface area contributed by atoms with Gasteiger partial charge in [-0.1, -0.05) is 16.5 Å². The number of β-lactam (4-membered cyclic amide) rings is 1. The molecule has 2 aliphatic rings. The van der Waals surface area contributed by atoms with Crippen molar-refractivity contribution >= 4 is 68.1 Å². The first-order valence-corrected chi connectivity index (χ1v) is 13.0. The number of thioether (sulfide) groups is 1. The van der Waals surface area contributed by atoms with Gasteiger partial charge in [-0.25, -0.2) is 8.96 Å².